The van der Waals surface area contributed by atoms with Crippen molar-refractivity contribution < 1.29 is 14.7 Å². The summed E-state index contributed by atoms with van der Waals surface area (Å²) in [4.78, 5) is 46.7. The third-order valence-electron chi connectivity index (χ3n) is 4.15. The van der Waals surface area contributed by atoms with Gasteiger partial charge < -0.3 is 10.0 Å². The van der Waals surface area contributed by atoms with Gasteiger partial charge in [-0.15, -0.1) is 9.81 Å². The highest BCUT2D eigenvalue weighted by Crippen LogP contribution is 2.33. The molecule has 0 radical (unpaired) electrons. The molecule has 0 saturated carbocycles. The number of hydrogen-bond donors (Lipinski definition) is 1. The van der Waals surface area contributed by atoms with Gasteiger partial charge in [-0.25, -0.2) is 0 Å². The molecule has 27 heavy (non-hydrogen) atoms. The molecule has 8 nitrogen and oxygen atoms in total. The molecular formula is C19H19N3O5. The Morgan fingerprint density at radius 2 is 1.74 bits per heavy atom. The second-order valence-electron chi connectivity index (χ2n) is 6.43. The fourth-order valence-corrected chi connectivity index (χ4v) is 2.66. The normalized spacial score (nSPS) is 10.5. The van der Waals surface area contributed by atoms with Gasteiger partial charge in [0.15, 0.2) is 0 Å². The Hall–Kier alpha value is -3.42. The first-order chi connectivity index (χ1) is 12.8. The predicted molar refractivity (Wildman–Crippen MR) is 100 cm³/mol. The molecule has 0 unspecified atom stereocenters. The molecule has 0 aromatic heterocycles. The van der Waals surface area contributed by atoms with Crippen molar-refractivity contribution in [3.63, 3.8) is 0 Å². The van der Waals surface area contributed by atoms with Crippen LogP contribution in [0.5, 0.6) is 5.75 Å². The van der Waals surface area contributed by atoms with Crippen molar-refractivity contribution in [1.29, 1.82) is 0 Å². The van der Waals surface area contributed by atoms with Crippen LogP contribution in [0.4, 0.5) is 5.69 Å². The third-order valence-corrected chi connectivity index (χ3v) is 4.15. The highest BCUT2D eigenvalue weighted by atomic mass is 16.3. The number of nitrogens with zero attached hydrogens (tertiary/aromatic N) is 3. The van der Waals surface area contributed by atoms with Gasteiger partial charge in [0.05, 0.1) is 5.56 Å². The standard InChI is InChI=1S/C19H19N3O5/c1-11(2)14-8-15(16(20-26)9-17(14)23)19(25)22(3)10-12-4-6-13(7-5-12)18(24)21-27/h4-9,11,23H,10H2,1-3H3. The first-order valence-corrected chi connectivity index (χ1v) is 8.20. The number of rotatable bonds is 6. The molecule has 0 heterocycles. The molecule has 0 saturated heterocycles. The van der Waals surface area contributed by atoms with E-state index in [0.717, 1.165) is 5.56 Å². The monoisotopic (exact) mass is 369 g/mol. The molecule has 2 amide bonds. The third kappa shape index (κ3) is 4.41. The molecule has 0 aliphatic rings. The lowest BCUT2D eigenvalue weighted by Gasteiger charge is -2.19. The lowest BCUT2D eigenvalue weighted by molar-refractivity contribution is 0.0785. The lowest BCUT2D eigenvalue weighted by Crippen LogP contribution is -2.26. The van der Waals surface area contributed by atoms with E-state index in [1.807, 2.05) is 13.8 Å². The van der Waals surface area contributed by atoms with Gasteiger partial charge in [-0.3, -0.25) is 9.59 Å². The number of aromatic hydroxyl groups is 1. The highest BCUT2D eigenvalue weighted by molar-refractivity contribution is 5.99. The first-order valence-electron chi connectivity index (χ1n) is 8.20. The van der Waals surface area contributed by atoms with E-state index in [-0.39, 0.29) is 35.0 Å². The summed E-state index contributed by atoms with van der Waals surface area (Å²) in [6.45, 7) is 3.92. The molecule has 1 N–H and O–H groups in total. The summed E-state index contributed by atoms with van der Waals surface area (Å²) < 4.78 is 0. The van der Waals surface area contributed by atoms with Gasteiger partial charge in [0.25, 0.3) is 5.91 Å². The topological polar surface area (TPSA) is 116 Å². The molecule has 0 aliphatic heterocycles. The molecule has 0 atom stereocenters. The molecule has 0 aliphatic carbocycles. The van der Waals surface area contributed by atoms with Crippen molar-refractivity contribution in [3.8, 4) is 5.75 Å². The summed E-state index contributed by atoms with van der Waals surface area (Å²) in [5.41, 5.74) is 1.40. The van der Waals surface area contributed by atoms with Crippen LogP contribution in [0.25, 0.3) is 0 Å². The minimum atomic E-state index is -0.863. The summed E-state index contributed by atoms with van der Waals surface area (Å²) in [6, 6.07) is 8.79. The molecule has 0 bridgehead atoms. The van der Waals surface area contributed by atoms with Gasteiger partial charge in [-0.05, 0) is 40.4 Å². The lowest BCUT2D eigenvalue weighted by atomic mass is 9.98. The zero-order valence-corrected chi connectivity index (χ0v) is 15.2. The van der Waals surface area contributed by atoms with Crippen LogP contribution in [0, 0.1) is 9.81 Å². The van der Waals surface area contributed by atoms with Crippen molar-refractivity contribution in [2.75, 3.05) is 7.05 Å². The van der Waals surface area contributed by atoms with Crippen LogP contribution >= 0.6 is 0 Å². The van der Waals surface area contributed by atoms with Crippen LogP contribution in [0.3, 0.4) is 0 Å². The van der Waals surface area contributed by atoms with Gasteiger partial charge >= 0.3 is 5.91 Å². The average molecular weight is 369 g/mol. The maximum atomic E-state index is 12.8. The van der Waals surface area contributed by atoms with Gasteiger partial charge in [-0.2, -0.15) is 0 Å². The van der Waals surface area contributed by atoms with E-state index in [9.17, 15) is 24.5 Å². The number of phenols is 1. The fraction of sp³-hybridized carbons (Fsp3) is 0.263. The molecule has 0 fully saturated rings. The molecule has 2 aromatic carbocycles. The van der Waals surface area contributed by atoms with E-state index in [4.69, 9.17) is 0 Å². The summed E-state index contributed by atoms with van der Waals surface area (Å²) >= 11 is 0. The van der Waals surface area contributed by atoms with Crippen molar-refractivity contribution >= 4 is 17.5 Å². The van der Waals surface area contributed by atoms with Gasteiger partial charge in [0.1, 0.15) is 11.4 Å². The molecular weight excluding hydrogens is 350 g/mol. The summed E-state index contributed by atoms with van der Waals surface area (Å²) in [5, 5.41) is 15.2. The molecule has 2 aromatic rings. The number of carbonyl (C=O) groups excluding carboxylic acids is 2. The summed E-state index contributed by atoms with van der Waals surface area (Å²) in [7, 11) is 1.56. The van der Waals surface area contributed by atoms with Gasteiger partial charge in [0.2, 0.25) is 0 Å². The summed E-state index contributed by atoms with van der Waals surface area (Å²) in [5.74, 6) is -1.42. The highest BCUT2D eigenvalue weighted by Gasteiger charge is 2.21. The zero-order chi connectivity index (χ0) is 20.1. The van der Waals surface area contributed by atoms with E-state index < -0.39 is 11.8 Å². The Labute approximate surface area is 155 Å². The van der Waals surface area contributed by atoms with Crippen molar-refractivity contribution in [3.05, 3.63) is 68.5 Å². The first kappa shape index (κ1) is 19.9. The number of hydrogen-bond acceptors (Lipinski definition) is 6. The Morgan fingerprint density at radius 3 is 2.26 bits per heavy atom. The number of phenolic OH excluding ortho intramolecular Hbond substituents is 1. The van der Waals surface area contributed by atoms with Crippen LogP contribution in [0.2, 0.25) is 0 Å². The van der Waals surface area contributed by atoms with E-state index >= 15 is 0 Å². The minimum absolute atomic E-state index is 0.0425. The number of benzene rings is 2. The number of nitroso groups, excluding NO2 is 2. The predicted octanol–water partition coefficient (Wildman–Crippen LogP) is 4.09. The fourth-order valence-electron chi connectivity index (χ4n) is 2.66. The quantitative estimate of drug-likeness (QED) is 0.770. The van der Waals surface area contributed by atoms with E-state index in [0.29, 0.717) is 5.56 Å². The molecule has 140 valence electrons. The Balaban J connectivity index is 2.26. The van der Waals surface area contributed by atoms with Crippen LogP contribution in [0.1, 0.15) is 51.6 Å². The van der Waals surface area contributed by atoms with Gasteiger partial charge in [0, 0.05) is 30.4 Å². The van der Waals surface area contributed by atoms with E-state index in [2.05, 4.69) is 10.4 Å². The van der Waals surface area contributed by atoms with E-state index in [1.54, 1.807) is 19.2 Å². The van der Waals surface area contributed by atoms with E-state index in [1.165, 1.54) is 29.2 Å². The maximum Gasteiger partial charge on any atom is 0.316 e. The largest absolute Gasteiger partial charge is 0.508 e. The minimum Gasteiger partial charge on any atom is -0.508 e. The second kappa shape index (κ2) is 8.31. The number of carbonyl (C=O) groups is 2. The second-order valence-corrected chi connectivity index (χ2v) is 6.43. The van der Waals surface area contributed by atoms with Crippen molar-refractivity contribution in [2.45, 2.75) is 26.3 Å². The van der Waals surface area contributed by atoms with Crippen molar-refractivity contribution in [2.24, 2.45) is 10.4 Å². The Morgan fingerprint density at radius 1 is 1.11 bits per heavy atom. The van der Waals surface area contributed by atoms with Gasteiger partial charge in [-0.1, -0.05) is 26.0 Å². The Kier molecular flexibility index (Phi) is 6.12. The smallest absolute Gasteiger partial charge is 0.316 e. The van der Waals surface area contributed by atoms with Crippen LogP contribution in [-0.4, -0.2) is 28.9 Å². The van der Waals surface area contributed by atoms with Crippen LogP contribution in [-0.2, 0) is 6.54 Å². The SMILES string of the molecule is CC(C)c1cc(C(=O)N(C)Cc2ccc(C(=O)N=O)cc2)c(N=O)cc1O. The summed E-state index contributed by atoms with van der Waals surface area (Å²) in [6.07, 6.45) is 0. The zero-order valence-electron chi connectivity index (χ0n) is 15.2. The van der Waals surface area contributed by atoms with Crippen LogP contribution in [0.15, 0.2) is 46.8 Å². The average Bonchev–Trinajstić information content (AvgIpc) is 2.66. The van der Waals surface area contributed by atoms with Crippen molar-refractivity contribution in [1.82, 2.24) is 4.90 Å². The van der Waals surface area contributed by atoms with Crippen LogP contribution < -0.4 is 0 Å². The molecule has 2 rings (SSSR count). The molecule has 0 spiro atoms. The Bertz CT molecular complexity index is 891. The molecule has 8 heteroatoms. The maximum absolute atomic E-state index is 12.8. The number of amides is 2.